The molecule has 1 fully saturated rings. The van der Waals surface area contributed by atoms with Crippen molar-refractivity contribution in [2.45, 2.75) is 4.90 Å². The lowest BCUT2D eigenvalue weighted by Gasteiger charge is -2.26. The SMILES string of the molecule is Nc1ccc(Cl)cc1S(=O)(=O)NCCN1CCSCC1. The van der Waals surface area contributed by atoms with Crippen molar-refractivity contribution in [1.82, 2.24) is 9.62 Å². The number of nitrogens with zero attached hydrogens (tertiary/aromatic N) is 1. The maximum absolute atomic E-state index is 12.2. The highest BCUT2D eigenvalue weighted by atomic mass is 35.5. The maximum atomic E-state index is 12.2. The molecule has 1 aromatic carbocycles. The summed E-state index contributed by atoms with van der Waals surface area (Å²) < 4.78 is 26.9. The lowest BCUT2D eigenvalue weighted by atomic mass is 10.3. The molecule has 5 nitrogen and oxygen atoms in total. The van der Waals surface area contributed by atoms with Crippen LogP contribution in [-0.2, 0) is 10.0 Å². The van der Waals surface area contributed by atoms with Crippen molar-refractivity contribution < 1.29 is 8.42 Å². The fourth-order valence-electron chi connectivity index (χ4n) is 1.98. The summed E-state index contributed by atoms with van der Waals surface area (Å²) in [7, 11) is -3.61. The van der Waals surface area contributed by atoms with Crippen molar-refractivity contribution in [3.8, 4) is 0 Å². The van der Waals surface area contributed by atoms with Crippen molar-refractivity contribution in [3.05, 3.63) is 23.2 Å². The lowest BCUT2D eigenvalue weighted by Crippen LogP contribution is -2.39. The minimum atomic E-state index is -3.61. The molecule has 0 saturated carbocycles. The molecule has 1 saturated heterocycles. The highest BCUT2D eigenvalue weighted by Gasteiger charge is 2.18. The average molecular weight is 336 g/mol. The van der Waals surface area contributed by atoms with Crippen LogP contribution in [0.5, 0.6) is 0 Å². The van der Waals surface area contributed by atoms with Crippen molar-refractivity contribution in [3.63, 3.8) is 0 Å². The summed E-state index contributed by atoms with van der Waals surface area (Å²) in [5.41, 5.74) is 5.90. The number of nitrogens with two attached hydrogens (primary N) is 1. The van der Waals surface area contributed by atoms with Gasteiger partial charge in [-0.3, -0.25) is 0 Å². The van der Waals surface area contributed by atoms with Gasteiger partial charge in [-0.15, -0.1) is 0 Å². The third-order valence-electron chi connectivity index (χ3n) is 3.09. The van der Waals surface area contributed by atoms with Crippen molar-refractivity contribution in [2.24, 2.45) is 0 Å². The summed E-state index contributed by atoms with van der Waals surface area (Å²) in [6.07, 6.45) is 0. The largest absolute Gasteiger partial charge is 0.398 e. The van der Waals surface area contributed by atoms with Crippen molar-refractivity contribution >= 4 is 39.1 Å². The monoisotopic (exact) mass is 335 g/mol. The molecule has 20 heavy (non-hydrogen) atoms. The van der Waals surface area contributed by atoms with Crippen LogP contribution in [0.1, 0.15) is 0 Å². The van der Waals surface area contributed by atoms with Crippen LogP contribution in [0, 0.1) is 0 Å². The van der Waals surface area contributed by atoms with Gasteiger partial charge in [0.05, 0.1) is 5.69 Å². The van der Waals surface area contributed by atoms with Gasteiger partial charge in [-0.1, -0.05) is 11.6 Å². The zero-order valence-electron chi connectivity index (χ0n) is 11.0. The molecule has 3 N–H and O–H groups in total. The van der Waals surface area contributed by atoms with E-state index in [9.17, 15) is 8.42 Å². The fourth-order valence-corrected chi connectivity index (χ4v) is 4.37. The summed E-state index contributed by atoms with van der Waals surface area (Å²) >= 11 is 7.75. The van der Waals surface area contributed by atoms with Gasteiger partial charge in [0.1, 0.15) is 4.90 Å². The first-order valence-electron chi connectivity index (χ1n) is 6.34. The molecule has 0 spiro atoms. The molecule has 1 aliphatic heterocycles. The Bertz CT molecular complexity index is 560. The van der Waals surface area contributed by atoms with Crippen LogP contribution < -0.4 is 10.5 Å². The van der Waals surface area contributed by atoms with Crippen LogP contribution in [0.4, 0.5) is 5.69 Å². The van der Waals surface area contributed by atoms with Crippen LogP contribution in [0.3, 0.4) is 0 Å². The van der Waals surface area contributed by atoms with Gasteiger partial charge in [0, 0.05) is 42.7 Å². The predicted octanol–water partition coefficient (Wildman–Crippen LogP) is 1.25. The third kappa shape index (κ3) is 4.26. The number of nitrogens with one attached hydrogen (secondary N) is 1. The molecular formula is C12H18ClN3O2S2. The Morgan fingerprint density at radius 2 is 2.05 bits per heavy atom. The maximum Gasteiger partial charge on any atom is 0.242 e. The predicted molar refractivity (Wildman–Crippen MR) is 84.8 cm³/mol. The van der Waals surface area contributed by atoms with E-state index in [0.29, 0.717) is 18.1 Å². The van der Waals surface area contributed by atoms with E-state index in [-0.39, 0.29) is 10.6 Å². The molecule has 0 unspecified atom stereocenters. The zero-order valence-corrected chi connectivity index (χ0v) is 13.4. The van der Waals surface area contributed by atoms with Gasteiger partial charge in [0.2, 0.25) is 10.0 Å². The fraction of sp³-hybridized carbons (Fsp3) is 0.500. The standard InChI is InChI=1S/C12H18ClN3O2S2/c13-10-1-2-11(14)12(9-10)20(17,18)15-3-4-16-5-7-19-8-6-16/h1-2,9,15H,3-8,14H2. The van der Waals surface area contributed by atoms with Crippen LogP contribution in [0.25, 0.3) is 0 Å². The van der Waals surface area contributed by atoms with Gasteiger partial charge in [-0.05, 0) is 18.2 Å². The van der Waals surface area contributed by atoms with E-state index in [0.717, 1.165) is 24.6 Å². The number of halogens is 1. The number of nitrogen functional groups attached to an aromatic ring is 1. The van der Waals surface area contributed by atoms with Gasteiger partial charge in [-0.25, -0.2) is 13.1 Å². The smallest absolute Gasteiger partial charge is 0.242 e. The third-order valence-corrected chi connectivity index (χ3v) is 5.78. The highest BCUT2D eigenvalue weighted by Crippen LogP contribution is 2.22. The second-order valence-electron chi connectivity index (χ2n) is 4.53. The Hall–Kier alpha value is -0.470. The number of rotatable bonds is 5. The Morgan fingerprint density at radius 3 is 2.75 bits per heavy atom. The molecule has 0 aliphatic carbocycles. The van der Waals surface area contributed by atoms with Crippen LogP contribution >= 0.6 is 23.4 Å². The van der Waals surface area contributed by atoms with Gasteiger partial charge in [0.25, 0.3) is 0 Å². The molecule has 112 valence electrons. The number of thioether (sulfide) groups is 1. The first kappa shape index (κ1) is 15.9. The van der Waals surface area contributed by atoms with E-state index in [2.05, 4.69) is 9.62 Å². The molecule has 1 heterocycles. The van der Waals surface area contributed by atoms with E-state index in [1.807, 2.05) is 11.8 Å². The number of hydrogen-bond donors (Lipinski definition) is 2. The molecule has 0 radical (unpaired) electrons. The van der Waals surface area contributed by atoms with E-state index in [1.54, 1.807) is 6.07 Å². The first-order valence-corrected chi connectivity index (χ1v) is 9.35. The second kappa shape index (κ2) is 7.00. The molecule has 0 aromatic heterocycles. The summed E-state index contributed by atoms with van der Waals surface area (Å²) in [6.45, 7) is 3.09. The minimum absolute atomic E-state index is 0.0409. The first-order chi connectivity index (χ1) is 9.49. The number of hydrogen-bond acceptors (Lipinski definition) is 5. The van der Waals surface area contributed by atoms with E-state index < -0.39 is 10.0 Å². The second-order valence-corrected chi connectivity index (χ2v) is 7.93. The Kier molecular flexibility index (Phi) is 5.57. The summed E-state index contributed by atoms with van der Waals surface area (Å²) in [5, 5.41) is 0.354. The summed E-state index contributed by atoms with van der Waals surface area (Å²) in [4.78, 5) is 2.29. The van der Waals surface area contributed by atoms with Gasteiger partial charge >= 0.3 is 0 Å². The van der Waals surface area contributed by atoms with E-state index >= 15 is 0 Å². The number of sulfonamides is 1. The lowest BCUT2D eigenvalue weighted by molar-refractivity contribution is 0.307. The van der Waals surface area contributed by atoms with Gasteiger partial charge in [-0.2, -0.15) is 11.8 Å². The van der Waals surface area contributed by atoms with Gasteiger partial charge in [0.15, 0.2) is 0 Å². The Balaban J connectivity index is 1.95. The topological polar surface area (TPSA) is 75.4 Å². The zero-order chi connectivity index (χ0) is 14.6. The molecule has 0 atom stereocenters. The molecular weight excluding hydrogens is 318 g/mol. The van der Waals surface area contributed by atoms with Gasteiger partial charge < -0.3 is 10.6 Å². The molecule has 1 aromatic rings. The van der Waals surface area contributed by atoms with Crippen LogP contribution in [0.2, 0.25) is 5.02 Å². The van der Waals surface area contributed by atoms with E-state index in [1.165, 1.54) is 12.1 Å². The Morgan fingerprint density at radius 1 is 1.35 bits per heavy atom. The van der Waals surface area contributed by atoms with Crippen molar-refractivity contribution in [2.75, 3.05) is 43.4 Å². The van der Waals surface area contributed by atoms with Crippen LogP contribution in [0.15, 0.2) is 23.1 Å². The average Bonchev–Trinajstić information content (AvgIpc) is 2.42. The molecule has 0 bridgehead atoms. The molecule has 0 amide bonds. The number of benzene rings is 1. The quantitative estimate of drug-likeness (QED) is 0.792. The molecule has 2 rings (SSSR count). The van der Waals surface area contributed by atoms with E-state index in [4.69, 9.17) is 17.3 Å². The van der Waals surface area contributed by atoms with Crippen molar-refractivity contribution in [1.29, 1.82) is 0 Å². The summed E-state index contributed by atoms with van der Waals surface area (Å²) in [6, 6.07) is 4.44. The van der Waals surface area contributed by atoms with Crippen LogP contribution in [-0.4, -0.2) is 51.0 Å². The summed E-state index contributed by atoms with van der Waals surface area (Å²) in [5.74, 6) is 2.21. The molecule has 8 heteroatoms. The normalized spacial score (nSPS) is 17.2. The number of anilines is 1. The minimum Gasteiger partial charge on any atom is -0.398 e. The Labute approximate surface area is 128 Å². The molecule has 1 aliphatic rings. The highest BCUT2D eigenvalue weighted by molar-refractivity contribution is 7.99.